The molecule has 1 aromatic rings. The summed E-state index contributed by atoms with van der Waals surface area (Å²) in [6, 6.07) is 3.31. The first-order chi connectivity index (χ1) is 9.58. The van der Waals surface area contributed by atoms with Gasteiger partial charge >= 0.3 is 5.97 Å². The fourth-order valence-corrected chi connectivity index (χ4v) is 2.06. The standard InChI is InChI=1S/C13H15N3O4/c17-11-6-10(13(19)20)8-16(11)5-4-15-12(18)9-2-1-3-14-7-9/h1-3,7,10H,4-6,8H2,(H,15,18)(H,19,20). The molecule has 1 aliphatic heterocycles. The van der Waals surface area contributed by atoms with Crippen LogP contribution < -0.4 is 5.32 Å². The quantitative estimate of drug-likeness (QED) is 0.772. The molecule has 2 rings (SSSR count). The van der Waals surface area contributed by atoms with E-state index in [1.54, 1.807) is 18.3 Å². The first kappa shape index (κ1) is 14.0. The van der Waals surface area contributed by atoms with Crippen molar-refractivity contribution in [3.8, 4) is 0 Å². The summed E-state index contributed by atoms with van der Waals surface area (Å²) in [6.07, 6.45) is 3.06. The van der Waals surface area contributed by atoms with Gasteiger partial charge in [0.05, 0.1) is 11.5 Å². The Morgan fingerprint density at radius 1 is 1.50 bits per heavy atom. The third kappa shape index (κ3) is 3.31. The molecule has 1 saturated heterocycles. The fraction of sp³-hybridized carbons (Fsp3) is 0.385. The molecule has 1 atom stereocenters. The lowest BCUT2D eigenvalue weighted by Crippen LogP contribution is -2.36. The highest BCUT2D eigenvalue weighted by atomic mass is 16.4. The maximum absolute atomic E-state index is 11.7. The van der Waals surface area contributed by atoms with Gasteiger partial charge in [-0.2, -0.15) is 0 Å². The van der Waals surface area contributed by atoms with Gasteiger partial charge in [0.15, 0.2) is 0 Å². The van der Waals surface area contributed by atoms with Gasteiger partial charge in [-0.05, 0) is 12.1 Å². The van der Waals surface area contributed by atoms with Crippen LogP contribution in [0.15, 0.2) is 24.5 Å². The van der Waals surface area contributed by atoms with Crippen LogP contribution in [0.2, 0.25) is 0 Å². The van der Waals surface area contributed by atoms with Gasteiger partial charge in [0.1, 0.15) is 0 Å². The van der Waals surface area contributed by atoms with Crippen molar-refractivity contribution in [3.63, 3.8) is 0 Å². The largest absolute Gasteiger partial charge is 0.481 e. The zero-order valence-corrected chi connectivity index (χ0v) is 10.8. The van der Waals surface area contributed by atoms with Crippen LogP contribution in [-0.4, -0.2) is 52.4 Å². The van der Waals surface area contributed by atoms with Crippen molar-refractivity contribution >= 4 is 17.8 Å². The molecule has 20 heavy (non-hydrogen) atoms. The number of nitrogens with one attached hydrogen (secondary N) is 1. The third-order valence-corrected chi connectivity index (χ3v) is 3.15. The number of likely N-dealkylation sites (tertiary alicyclic amines) is 1. The number of nitrogens with zero attached hydrogens (tertiary/aromatic N) is 2. The maximum Gasteiger partial charge on any atom is 0.308 e. The summed E-state index contributed by atoms with van der Waals surface area (Å²) in [5, 5.41) is 11.5. The number of aliphatic carboxylic acids is 1. The van der Waals surface area contributed by atoms with Gasteiger partial charge in [0.2, 0.25) is 5.91 Å². The number of amides is 2. The van der Waals surface area contributed by atoms with E-state index < -0.39 is 11.9 Å². The topological polar surface area (TPSA) is 99.6 Å². The fourth-order valence-electron chi connectivity index (χ4n) is 2.06. The second kappa shape index (κ2) is 6.14. The zero-order chi connectivity index (χ0) is 14.5. The number of carboxylic acids is 1. The number of hydrogen-bond donors (Lipinski definition) is 2. The van der Waals surface area contributed by atoms with E-state index in [1.165, 1.54) is 11.1 Å². The van der Waals surface area contributed by atoms with Crippen molar-refractivity contribution in [2.45, 2.75) is 6.42 Å². The summed E-state index contributed by atoms with van der Waals surface area (Å²) in [5.74, 6) is -2.05. The highest BCUT2D eigenvalue weighted by Crippen LogP contribution is 2.17. The molecule has 0 aromatic carbocycles. The average Bonchev–Trinajstić information content (AvgIpc) is 2.81. The Hall–Kier alpha value is -2.44. The van der Waals surface area contributed by atoms with Crippen molar-refractivity contribution in [1.29, 1.82) is 0 Å². The van der Waals surface area contributed by atoms with Crippen LogP contribution in [0.4, 0.5) is 0 Å². The Morgan fingerprint density at radius 3 is 2.90 bits per heavy atom. The van der Waals surface area contributed by atoms with Gasteiger partial charge in [-0.1, -0.05) is 0 Å². The Labute approximate surface area is 115 Å². The molecule has 0 aliphatic carbocycles. The summed E-state index contributed by atoms with van der Waals surface area (Å²) < 4.78 is 0. The molecule has 0 bridgehead atoms. The van der Waals surface area contributed by atoms with Crippen molar-refractivity contribution in [2.75, 3.05) is 19.6 Å². The number of carboxylic acid groups (broad SMARTS) is 1. The van der Waals surface area contributed by atoms with Crippen LogP contribution in [-0.2, 0) is 9.59 Å². The molecular weight excluding hydrogens is 262 g/mol. The smallest absolute Gasteiger partial charge is 0.308 e. The van der Waals surface area contributed by atoms with Gasteiger partial charge in [-0.3, -0.25) is 19.4 Å². The molecule has 0 saturated carbocycles. The van der Waals surface area contributed by atoms with Crippen LogP contribution in [0.1, 0.15) is 16.8 Å². The Morgan fingerprint density at radius 2 is 2.30 bits per heavy atom. The minimum Gasteiger partial charge on any atom is -0.481 e. The minimum absolute atomic E-state index is 0.0336. The van der Waals surface area contributed by atoms with E-state index in [9.17, 15) is 14.4 Å². The lowest BCUT2D eigenvalue weighted by atomic mass is 10.1. The third-order valence-electron chi connectivity index (χ3n) is 3.15. The van der Waals surface area contributed by atoms with Crippen LogP contribution in [0.3, 0.4) is 0 Å². The van der Waals surface area contributed by atoms with E-state index in [2.05, 4.69) is 10.3 Å². The molecular formula is C13H15N3O4. The Kier molecular flexibility index (Phi) is 4.29. The summed E-state index contributed by atoms with van der Waals surface area (Å²) in [7, 11) is 0. The van der Waals surface area contributed by atoms with Gasteiger partial charge in [0.25, 0.3) is 5.91 Å². The molecule has 106 valence electrons. The average molecular weight is 277 g/mol. The number of aromatic nitrogens is 1. The lowest BCUT2D eigenvalue weighted by molar-refractivity contribution is -0.141. The second-order valence-electron chi connectivity index (χ2n) is 4.58. The normalized spacial score (nSPS) is 18.1. The van der Waals surface area contributed by atoms with E-state index in [0.29, 0.717) is 12.1 Å². The number of pyridine rings is 1. The Balaban J connectivity index is 1.78. The minimum atomic E-state index is -0.958. The monoisotopic (exact) mass is 277 g/mol. The summed E-state index contributed by atoms with van der Waals surface area (Å²) in [6.45, 7) is 0.803. The highest BCUT2D eigenvalue weighted by Gasteiger charge is 2.33. The number of carbonyl (C=O) groups is 3. The van der Waals surface area contributed by atoms with Crippen LogP contribution in [0, 0.1) is 5.92 Å². The number of rotatable bonds is 5. The van der Waals surface area contributed by atoms with Crippen LogP contribution in [0.25, 0.3) is 0 Å². The Bertz CT molecular complexity index is 518. The van der Waals surface area contributed by atoms with Crippen LogP contribution >= 0.6 is 0 Å². The molecule has 1 aliphatic rings. The molecule has 0 spiro atoms. The van der Waals surface area contributed by atoms with E-state index in [4.69, 9.17) is 5.11 Å². The predicted molar refractivity (Wildman–Crippen MR) is 68.9 cm³/mol. The first-order valence-corrected chi connectivity index (χ1v) is 6.26. The summed E-state index contributed by atoms with van der Waals surface area (Å²) in [5.41, 5.74) is 0.448. The molecule has 1 aromatic heterocycles. The SMILES string of the molecule is O=C(NCCN1CC(C(=O)O)CC1=O)c1cccnc1. The maximum atomic E-state index is 11.7. The number of hydrogen-bond acceptors (Lipinski definition) is 4. The van der Waals surface area contributed by atoms with Gasteiger partial charge in [-0.25, -0.2) is 0 Å². The second-order valence-corrected chi connectivity index (χ2v) is 4.58. The van der Waals surface area contributed by atoms with Crippen molar-refractivity contribution in [1.82, 2.24) is 15.2 Å². The lowest BCUT2D eigenvalue weighted by Gasteiger charge is -2.16. The zero-order valence-electron chi connectivity index (χ0n) is 10.8. The molecule has 2 amide bonds. The van der Waals surface area contributed by atoms with E-state index in [1.807, 2.05) is 0 Å². The molecule has 7 heteroatoms. The van der Waals surface area contributed by atoms with E-state index in [-0.39, 0.29) is 31.3 Å². The summed E-state index contributed by atoms with van der Waals surface area (Å²) >= 11 is 0. The van der Waals surface area contributed by atoms with Crippen molar-refractivity contribution < 1.29 is 19.5 Å². The van der Waals surface area contributed by atoms with Crippen LogP contribution in [0.5, 0.6) is 0 Å². The molecule has 1 unspecified atom stereocenters. The molecule has 1 fully saturated rings. The molecule has 7 nitrogen and oxygen atoms in total. The molecule has 2 N–H and O–H groups in total. The first-order valence-electron chi connectivity index (χ1n) is 6.26. The highest BCUT2D eigenvalue weighted by molar-refractivity contribution is 5.93. The van der Waals surface area contributed by atoms with Gasteiger partial charge in [-0.15, -0.1) is 0 Å². The van der Waals surface area contributed by atoms with Gasteiger partial charge in [0, 0.05) is 38.4 Å². The summed E-state index contributed by atoms with van der Waals surface area (Å²) in [4.78, 5) is 39.4. The molecule has 0 radical (unpaired) electrons. The van der Waals surface area contributed by atoms with E-state index in [0.717, 1.165) is 0 Å². The van der Waals surface area contributed by atoms with E-state index >= 15 is 0 Å². The van der Waals surface area contributed by atoms with Crippen molar-refractivity contribution in [2.24, 2.45) is 5.92 Å². The number of carbonyl (C=O) groups excluding carboxylic acids is 2. The molecule has 2 heterocycles. The van der Waals surface area contributed by atoms with Crippen molar-refractivity contribution in [3.05, 3.63) is 30.1 Å². The van der Waals surface area contributed by atoms with Gasteiger partial charge < -0.3 is 15.3 Å². The predicted octanol–water partition coefficient (Wildman–Crippen LogP) is -0.255.